The van der Waals surface area contributed by atoms with E-state index in [-0.39, 0.29) is 15.9 Å². The third-order valence-corrected chi connectivity index (χ3v) is 6.20. The number of primary sulfonamides is 1. The average molecular weight is 468 g/mol. The Bertz CT molecular complexity index is 1470. The Kier molecular flexibility index (Phi) is 5.84. The number of amides is 1. The third-order valence-electron chi connectivity index (χ3n) is 5.04. The zero-order chi connectivity index (χ0) is 22.9. The van der Waals surface area contributed by atoms with E-state index < -0.39 is 22.0 Å². The molecule has 0 aliphatic heterocycles. The molecular formula is C23H18ClN3O4S. The number of H-pyrrole nitrogens is 1. The molecule has 4 aromatic rings. The van der Waals surface area contributed by atoms with Gasteiger partial charge in [-0.3, -0.25) is 9.59 Å². The van der Waals surface area contributed by atoms with Crippen LogP contribution in [0.5, 0.6) is 0 Å². The van der Waals surface area contributed by atoms with Gasteiger partial charge >= 0.3 is 0 Å². The van der Waals surface area contributed by atoms with Gasteiger partial charge in [0.05, 0.1) is 16.5 Å². The van der Waals surface area contributed by atoms with Crippen molar-refractivity contribution in [2.45, 2.75) is 10.9 Å². The molecule has 3 aromatic carbocycles. The number of benzene rings is 3. The largest absolute Gasteiger partial charge is 0.361 e. The molecule has 0 aliphatic carbocycles. The number of hydrogen-bond acceptors (Lipinski definition) is 4. The molecule has 0 saturated heterocycles. The normalized spacial score (nSPS) is 12.4. The minimum Gasteiger partial charge on any atom is -0.361 e. The molecule has 0 aliphatic rings. The van der Waals surface area contributed by atoms with E-state index in [0.717, 1.165) is 0 Å². The molecule has 0 radical (unpaired) electrons. The number of aromatic amines is 1. The first kappa shape index (κ1) is 21.8. The molecule has 0 spiro atoms. The number of carbonyl (C=O) groups is 1. The summed E-state index contributed by atoms with van der Waals surface area (Å²) in [6.45, 7) is 0. The van der Waals surface area contributed by atoms with Gasteiger partial charge in [0.1, 0.15) is 0 Å². The van der Waals surface area contributed by atoms with Crippen molar-refractivity contribution in [1.82, 2.24) is 10.3 Å². The van der Waals surface area contributed by atoms with E-state index in [4.69, 9.17) is 16.7 Å². The van der Waals surface area contributed by atoms with Crippen LogP contribution >= 0.6 is 11.6 Å². The maximum atomic E-state index is 13.2. The van der Waals surface area contributed by atoms with Gasteiger partial charge in [0.2, 0.25) is 10.0 Å². The second-order valence-electron chi connectivity index (χ2n) is 7.15. The van der Waals surface area contributed by atoms with E-state index in [0.29, 0.717) is 27.1 Å². The number of fused-ring (bicyclic) bond motifs is 1. The third kappa shape index (κ3) is 4.43. The Labute approximate surface area is 188 Å². The van der Waals surface area contributed by atoms with E-state index in [2.05, 4.69) is 10.3 Å². The monoisotopic (exact) mass is 467 g/mol. The molecule has 1 heterocycles. The van der Waals surface area contributed by atoms with E-state index in [1.54, 1.807) is 36.5 Å². The predicted molar refractivity (Wildman–Crippen MR) is 123 cm³/mol. The lowest BCUT2D eigenvalue weighted by molar-refractivity contribution is 0.0942. The van der Waals surface area contributed by atoms with Crippen LogP contribution in [-0.2, 0) is 10.0 Å². The predicted octanol–water partition coefficient (Wildman–Crippen LogP) is 3.35. The van der Waals surface area contributed by atoms with Crippen molar-refractivity contribution in [2.24, 2.45) is 5.14 Å². The Morgan fingerprint density at radius 1 is 1.00 bits per heavy atom. The molecule has 7 nitrogen and oxygen atoms in total. The molecule has 9 heteroatoms. The van der Waals surface area contributed by atoms with Crippen LogP contribution in [0.2, 0.25) is 5.02 Å². The number of aromatic nitrogens is 1. The number of hydrogen-bond donors (Lipinski definition) is 3. The van der Waals surface area contributed by atoms with Crippen LogP contribution in [0, 0.1) is 0 Å². The highest BCUT2D eigenvalue weighted by atomic mass is 35.5. The maximum Gasteiger partial charge on any atom is 0.252 e. The number of nitrogens with one attached hydrogen (secondary N) is 2. The standard InChI is InChI=1S/C23H18ClN3O4S/c24-16-8-11-18-20(12-16)26-13-19(22(18)28)21(14-4-2-1-3-5-14)27-23(29)15-6-9-17(10-7-15)32(25,30)31/h1-13,21H,(H,26,28)(H,27,29)(H2,25,30,31). The molecule has 1 unspecified atom stereocenters. The summed E-state index contributed by atoms with van der Waals surface area (Å²) in [4.78, 5) is 29.2. The summed E-state index contributed by atoms with van der Waals surface area (Å²) in [5.41, 5.74) is 1.63. The smallest absolute Gasteiger partial charge is 0.252 e. The van der Waals surface area contributed by atoms with Gasteiger partial charge in [0, 0.05) is 27.7 Å². The zero-order valence-electron chi connectivity index (χ0n) is 16.6. The molecule has 4 N–H and O–H groups in total. The molecular weight excluding hydrogens is 450 g/mol. The fourth-order valence-electron chi connectivity index (χ4n) is 3.42. The molecule has 0 saturated carbocycles. The number of sulfonamides is 1. The summed E-state index contributed by atoms with van der Waals surface area (Å²) < 4.78 is 22.9. The Morgan fingerprint density at radius 2 is 1.69 bits per heavy atom. The fourth-order valence-corrected chi connectivity index (χ4v) is 4.11. The van der Waals surface area contributed by atoms with Crippen molar-refractivity contribution in [1.29, 1.82) is 0 Å². The van der Waals surface area contributed by atoms with Crippen LogP contribution < -0.4 is 15.9 Å². The van der Waals surface area contributed by atoms with Crippen LogP contribution in [0.1, 0.15) is 27.5 Å². The van der Waals surface area contributed by atoms with Gasteiger partial charge in [-0.05, 0) is 48.0 Å². The number of pyridine rings is 1. The van der Waals surface area contributed by atoms with Crippen molar-refractivity contribution in [2.75, 3.05) is 0 Å². The second-order valence-corrected chi connectivity index (χ2v) is 9.15. The van der Waals surface area contributed by atoms with Crippen LogP contribution in [-0.4, -0.2) is 19.3 Å². The summed E-state index contributed by atoms with van der Waals surface area (Å²) in [5, 5.41) is 8.93. The maximum absolute atomic E-state index is 13.2. The first-order chi connectivity index (χ1) is 15.2. The van der Waals surface area contributed by atoms with Crippen LogP contribution in [0.25, 0.3) is 10.9 Å². The van der Waals surface area contributed by atoms with Gasteiger partial charge in [0.15, 0.2) is 5.43 Å². The summed E-state index contributed by atoms with van der Waals surface area (Å²) in [6.07, 6.45) is 1.56. The quantitative estimate of drug-likeness (QED) is 0.416. The average Bonchev–Trinajstić information content (AvgIpc) is 2.78. The molecule has 32 heavy (non-hydrogen) atoms. The van der Waals surface area contributed by atoms with Gasteiger partial charge < -0.3 is 10.3 Å². The lowest BCUT2D eigenvalue weighted by atomic mass is 9.97. The van der Waals surface area contributed by atoms with Gasteiger partial charge in [-0.25, -0.2) is 13.6 Å². The minimum absolute atomic E-state index is 0.0988. The highest BCUT2D eigenvalue weighted by Crippen LogP contribution is 2.23. The van der Waals surface area contributed by atoms with Crippen molar-refractivity contribution in [3.8, 4) is 0 Å². The number of carbonyl (C=O) groups excluding carboxylic acids is 1. The van der Waals surface area contributed by atoms with E-state index >= 15 is 0 Å². The highest BCUT2D eigenvalue weighted by Gasteiger charge is 2.22. The number of rotatable bonds is 5. The topological polar surface area (TPSA) is 122 Å². The van der Waals surface area contributed by atoms with E-state index in [1.807, 2.05) is 18.2 Å². The Balaban J connectivity index is 1.75. The highest BCUT2D eigenvalue weighted by molar-refractivity contribution is 7.89. The van der Waals surface area contributed by atoms with Crippen LogP contribution in [0.4, 0.5) is 0 Å². The first-order valence-electron chi connectivity index (χ1n) is 9.53. The molecule has 0 fully saturated rings. The van der Waals surface area contributed by atoms with Crippen molar-refractivity contribution < 1.29 is 13.2 Å². The van der Waals surface area contributed by atoms with Crippen LogP contribution in [0.3, 0.4) is 0 Å². The summed E-state index contributed by atoms with van der Waals surface area (Å²) >= 11 is 6.02. The Hall–Kier alpha value is -3.46. The first-order valence-corrected chi connectivity index (χ1v) is 11.5. The van der Waals surface area contributed by atoms with Crippen molar-refractivity contribution >= 4 is 38.4 Å². The van der Waals surface area contributed by atoms with Crippen LogP contribution in [0.15, 0.2) is 88.7 Å². The SMILES string of the molecule is NS(=O)(=O)c1ccc(C(=O)NC(c2ccccc2)c2c[nH]c3cc(Cl)ccc3c2=O)cc1. The number of halogens is 1. The second kappa shape index (κ2) is 8.58. The molecule has 1 aromatic heterocycles. The van der Waals surface area contributed by atoms with Gasteiger partial charge in [-0.1, -0.05) is 41.9 Å². The lowest BCUT2D eigenvalue weighted by Gasteiger charge is -2.20. The minimum atomic E-state index is -3.87. The summed E-state index contributed by atoms with van der Waals surface area (Å²) in [5.74, 6) is -0.476. The van der Waals surface area contributed by atoms with Crippen molar-refractivity contribution in [3.63, 3.8) is 0 Å². The van der Waals surface area contributed by atoms with Gasteiger partial charge in [-0.2, -0.15) is 0 Å². The molecule has 1 atom stereocenters. The molecule has 4 rings (SSSR count). The van der Waals surface area contributed by atoms with E-state index in [1.165, 1.54) is 24.3 Å². The Morgan fingerprint density at radius 3 is 2.34 bits per heavy atom. The molecule has 162 valence electrons. The molecule has 1 amide bonds. The van der Waals surface area contributed by atoms with E-state index in [9.17, 15) is 18.0 Å². The summed E-state index contributed by atoms with van der Waals surface area (Å²) in [6, 6.07) is 18.5. The van der Waals surface area contributed by atoms with Gasteiger partial charge in [0.25, 0.3) is 5.91 Å². The zero-order valence-corrected chi connectivity index (χ0v) is 18.2. The lowest BCUT2D eigenvalue weighted by Crippen LogP contribution is -2.32. The summed E-state index contributed by atoms with van der Waals surface area (Å²) in [7, 11) is -3.87. The number of nitrogens with two attached hydrogens (primary N) is 1. The molecule has 0 bridgehead atoms. The van der Waals surface area contributed by atoms with Crippen molar-refractivity contribution in [3.05, 3.63) is 111 Å². The van der Waals surface area contributed by atoms with Gasteiger partial charge in [-0.15, -0.1) is 0 Å². The fraction of sp³-hybridized carbons (Fsp3) is 0.0435.